The lowest BCUT2D eigenvalue weighted by Gasteiger charge is -2.31. The molecule has 1 amide bonds. The van der Waals surface area contributed by atoms with Crippen molar-refractivity contribution in [3.63, 3.8) is 0 Å². The average molecular weight is 236 g/mol. The second kappa shape index (κ2) is 4.77. The van der Waals surface area contributed by atoms with Crippen LogP contribution in [-0.4, -0.2) is 33.7 Å². The Kier molecular flexibility index (Phi) is 3.36. The summed E-state index contributed by atoms with van der Waals surface area (Å²) in [6.07, 6.45) is 5.94. The maximum absolute atomic E-state index is 12.3. The van der Waals surface area contributed by atoms with E-state index in [1.165, 1.54) is 19.3 Å². The van der Waals surface area contributed by atoms with Crippen LogP contribution in [0, 0.1) is 0 Å². The molecular formula is C12H20N4O. The monoisotopic (exact) mass is 236 g/mol. The van der Waals surface area contributed by atoms with Crippen molar-refractivity contribution < 1.29 is 4.79 Å². The first-order chi connectivity index (χ1) is 8.09. The molecule has 0 aromatic carbocycles. The van der Waals surface area contributed by atoms with Crippen LogP contribution in [0.4, 0.5) is 5.82 Å². The third kappa shape index (κ3) is 2.43. The predicted octanol–water partition coefficient (Wildman–Crippen LogP) is 1.41. The van der Waals surface area contributed by atoms with E-state index < -0.39 is 0 Å². The summed E-state index contributed by atoms with van der Waals surface area (Å²) in [7, 11) is 3.62. The molecule has 0 unspecified atom stereocenters. The minimum atomic E-state index is 0.0172. The van der Waals surface area contributed by atoms with Gasteiger partial charge >= 0.3 is 0 Å². The molecule has 5 nitrogen and oxygen atoms in total. The van der Waals surface area contributed by atoms with E-state index in [9.17, 15) is 4.79 Å². The summed E-state index contributed by atoms with van der Waals surface area (Å²) in [6, 6.07) is 2.01. The molecule has 1 aliphatic rings. The molecule has 5 heteroatoms. The molecule has 1 aromatic heterocycles. The molecule has 0 bridgehead atoms. The molecule has 1 heterocycles. The highest BCUT2D eigenvalue weighted by atomic mass is 16.2. The second-order valence-electron chi connectivity index (χ2n) is 4.79. The molecule has 2 N–H and O–H groups in total. The van der Waals surface area contributed by atoms with Crippen molar-refractivity contribution in [3.05, 3.63) is 11.8 Å². The maximum Gasteiger partial charge on any atom is 0.272 e. The molecular weight excluding hydrogens is 216 g/mol. The van der Waals surface area contributed by atoms with Crippen LogP contribution in [0.25, 0.3) is 0 Å². The molecule has 1 fully saturated rings. The minimum Gasteiger partial charge on any atom is -0.382 e. The number of nitrogen functional groups attached to an aromatic ring is 1. The lowest BCUT2D eigenvalue weighted by Crippen LogP contribution is -2.39. The quantitative estimate of drug-likeness (QED) is 0.844. The van der Waals surface area contributed by atoms with Crippen LogP contribution in [0.15, 0.2) is 6.07 Å². The van der Waals surface area contributed by atoms with Gasteiger partial charge in [-0.25, -0.2) is 0 Å². The Bertz CT molecular complexity index is 407. The van der Waals surface area contributed by atoms with Crippen LogP contribution in [0.5, 0.6) is 0 Å². The van der Waals surface area contributed by atoms with Crippen LogP contribution in [0.3, 0.4) is 0 Å². The summed E-state index contributed by atoms with van der Waals surface area (Å²) in [4.78, 5) is 14.1. The summed E-state index contributed by atoms with van der Waals surface area (Å²) in [5.41, 5.74) is 6.16. The van der Waals surface area contributed by atoms with E-state index in [0.29, 0.717) is 17.6 Å². The number of nitrogens with zero attached hydrogens (tertiary/aromatic N) is 3. The van der Waals surface area contributed by atoms with Gasteiger partial charge in [0.1, 0.15) is 11.5 Å². The number of nitrogens with two attached hydrogens (primary N) is 1. The van der Waals surface area contributed by atoms with Gasteiger partial charge in [-0.05, 0) is 12.8 Å². The Balaban J connectivity index is 2.11. The van der Waals surface area contributed by atoms with E-state index in [0.717, 1.165) is 12.8 Å². The van der Waals surface area contributed by atoms with Crippen LogP contribution in [-0.2, 0) is 7.05 Å². The van der Waals surface area contributed by atoms with Gasteiger partial charge in [-0.2, -0.15) is 5.10 Å². The number of amides is 1. The van der Waals surface area contributed by atoms with Crippen molar-refractivity contribution in [2.45, 2.75) is 38.1 Å². The Morgan fingerprint density at radius 2 is 2.12 bits per heavy atom. The summed E-state index contributed by atoms with van der Waals surface area (Å²) in [5.74, 6) is 0.413. The van der Waals surface area contributed by atoms with E-state index in [1.807, 2.05) is 11.9 Å². The van der Waals surface area contributed by atoms with Crippen LogP contribution >= 0.6 is 0 Å². The molecule has 0 atom stereocenters. The van der Waals surface area contributed by atoms with Gasteiger partial charge in [0.15, 0.2) is 0 Å². The van der Waals surface area contributed by atoms with E-state index >= 15 is 0 Å². The Morgan fingerprint density at radius 1 is 1.47 bits per heavy atom. The summed E-state index contributed by atoms with van der Waals surface area (Å²) in [6.45, 7) is 0. The van der Waals surface area contributed by atoms with Gasteiger partial charge < -0.3 is 10.6 Å². The lowest BCUT2D eigenvalue weighted by molar-refractivity contribution is 0.0685. The van der Waals surface area contributed by atoms with Crippen LogP contribution < -0.4 is 5.73 Å². The molecule has 1 aliphatic carbocycles. The number of anilines is 1. The molecule has 1 saturated carbocycles. The number of hydrogen-bond donors (Lipinski definition) is 1. The summed E-state index contributed by atoms with van der Waals surface area (Å²) < 4.78 is 1.55. The fourth-order valence-corrected chi connectivity index (χ4v) is 2.50. The molecule has 94 valence electrons. The van der Waals surface area contributed by atoms with Crippen molar-refractivity contribution in [2.24, 2.45) is 7.05 Å². The molecule has 2 rings (SSSR count). The number of carbonyl (C=O) groups is 1. The molecule has 0 aliphatic heterocycles. The third-order valence-corrected chi connectivity index (χ3v) is 3.56. The second-order valence-corrected chi connectivity index (χ2v) is 4.79. The van der Waals surface area contributed by atoms with E-state index in [4.69, 9.17) is 5.73 Å². The van der Waals surface area contributed by atoms with Crippen molar-refractivity contribution in [1.29, 1.82) is 0 Å². The first kappa shape index (κ1) is 12.0. The van der Waals surface area contributed by atoms with Crippen LogP contribution in [0.1, 0.15) is 42.6 Å². The number of aromatic nitrogens is 2. The molecule has 1 aromatic rings. The summed E-state index contributed by atoms with van der Waals surface area (Å²) >= 11 is 0. The molecule has 0 spiro atoms. The van der Waals surface area contributed by atoms with E-state index in [2.05, 4.69) is 5.10 Å². The lowest BCUT2D eigenvalue weighted by atomic mass is 9.94. The third-order valence-electron chi connectivity index (χ3n) is 3.56. The SMILES string of the molecule is CN(C(=O)c1cc(N)nn1C)C1CCCCC1. The number of carbonyl (C=O) groups excluding carboxylic acids is 1. The Morgan fingerprint density at radius 3 is 2.65 bits per heavy atom. The highest BCUT2D eigenvalue weighted by Gasteiger charge is 2.24. The maximum atomic E-state index is 12.3. The zero-order valence-electron chi connectivity index (χ0n) is 10.5. The number of rotatable bonds is 2. The van der Waals surface area contributed by atoms with E-state index in [-0.39, 0.29) is 5.91 Å². The van der Waals surface area contributed by atoms with Crippen molar-refractivity contribution in [3.8, 4) is 0 Å². The smallest absolute Gasteiger partial charge is 0.272 e. The first-order valence-corrected chi connectivity index (χ1v) is 6.16. The van der Waals surface area contributed by atoms with Crippen molar-refractivity contribution >= 4 is 11.7 Å². The van der Waals surface area contributed by atoms with Gasteiger partial charge in [-0.15, -0.1) is 0 Å². The van der Waals surface area contributed by atoms with Gasteiger partial charge in [0, 0.05) is 26.2 Å². The minimum absolute atomic E-state index is 0.0172. The average Bonchev–Trinajstić information content (AvgIpc) is 2.68. The standard InChI is InChI=1S/C12H20N4O/c1-15(9-6-4-3-5-7-9)12(17)10-8-11(13)14-16(10)2/h8-9H,3-7H2,1-2H3,(H2,13,14). The fourth-order valence-electron chi connectivity index (χ4n) is 2.50. The van der Waals surface area contributed by atoms with E-state index in [1.54, 1.807) is 17.8 Å². The van der Waals surface area contributed by atoms with Crippen LogP contribution in [0.2, 0.25) is 0 Å². The van der Waals surface area contributed by atoms with Gasteiger partial charge in [-0.1, -0.05) is 19.3 Å². The molecule has 0 saturated heterocycles. The number of aryl methyl sites for hydroxylation is 1. The number of hydrogen-bond acceptors (Lipinski definition) is 3. The van der Waals surface area contributed by atoms with Gasteiger partial charge in [-0.3, -0.25) is 9.48 Å². The predicted molar refractivity (Wildman–Crippen MR) is 66.6 cm³/mol. The molecule has 17 heavy (non-hydrogen) atoms. The highest BCUT2D eigenvalue weighted by Crippen LogP contribution is 2.23. The zero-order valence-corrected chi connectivity index (χ0v) is 10.5. The zero-order chi connectivity index (χ0) is 12.4. The normalized spacial score (nSPS) is 17.1. The fraction of sp³-hybridized carbons (Fsp3) is 0.667. The summed E-state index contributed by atoms with van der Waals surface area (Å²) in [5, 5.41) is 4.01. The van der Waals surface area contributed by atoms with Gasteiger partial charge in [0.25, 0.3) is 5.91 Å². The molecule has 0 radical (unpaired) electrons. The largest absolute Gasteiger partial charge is 0.382 e. The van der Waals surface area contributed by atoms with Crippen molar-refractivity contribution in [2.75, 3.05) is 12.8 Å². The Hall–Kier alpha value is -1.52. The van der Waals surface area contributed by atoms with Crippen molar-refractivity contribution in [1.82, 2.24) is 14.7 Å². The topological polar surface area (TPSA) is 64.2 Å². The van der Waals surface area contributed by atoms with Gasteiger partial charge in [0.2, 0.25) is 0 Å². The highest BCUT2D eigenvalue weighted by molar-refractivity contribution is 5.93. The Labute approximate surface area is 102 Å². The first-order valence-electron chi connectivity index (χ1n) is 6.16. The van der Waals surface area contributed by atoms with Gasteiger partial charge in [0.05, 0.1) is 0 Å².